The first-order valence-corrected chi connectivity index (χ1v) is 6.66. The Morgan fingerprint density at radius 2 is 1.90 bits per heavy atom. The number of methoxy groups -OCH3 is 1. The molecule has 0 fully saturated rings. The molecular weight excluding hydrogens is 348 g/mol. The number of halogens is 3. The zero-order valence-corrected chi connectivity index (χ0v) is 12.6. The first kappa shape index (κ1) is 15.6. The van der Waals surface area contributed by atoms with E-state index in [9.17, 15) is 8.78 Å². The molecule has 0 aliphatic rings. The maximum Gasteiger partial charge on any atom is 0.387 e. The van der Waals surface area contributed by atoms with Gasteiger partial charge in [-0.15, -0.1) is 0 Å². The fourth-order valence-electron chi connectivity index (χ4n) is 1.66. The quantitative estimate of drug-likeness (QED) is 0.887. The highest BCUT2D eigenvalue weighted by Crippen LogP contribution is 2.27. The Balaban J connectivity index is 2.33. The maximum atomic E-state index is 12.1. The molecule has 0 radical (unpaired) electrons. The van der Waals surface area contributed by atoms with Crippen LogP contribution in [0.5, 0.6) is 5.75 Å². The van der Waals surface area contributed by atoms with Crippen molar-refractivity contribution in [1.82, 2.24) is 9.97 Å². The van der Waals surface area contributed by atoms with E-state index >= 15 is 0 Å². The van der Waals surface area contributed by atoms with Gasteiger partial charge in [0.25, 0.3) is 0 Å². The third-order valence-electron chi connectivity index (χ3n) is 2.56. The van der Waals surface area contributed by atoms with Crippen molar-refractivity contribution in [1.29, 1.82) is 0 Å². The van der Waals surface area contributed by atoms with Crippen LogP contribution in [0.15, 0.2) is 28.7 Å². The summed E-state index contributed by atoms with van der Waals surface area (Å²) >= 11 is 3.29. The monoisotopic (exact) mass is 359 g/mol. The summed E-state index contributed by atoms with van der Waals surface area (Å²) in [7, 11) is 1.54. The molecule has 0 spiro atoms. The van der Waals surface area contributed by atoms with Crippen LogP contribution in [-0.4, -0.2) is 23.7 Å². The van der Waals surface area contributed by atoms with E-state index in [-0.39, 0.29) is 18.2 Å². The number of aromatic nitrogens is 2. The van der Waals surface area contributed by atoms with Gasteiger partial charge in [0.15, 0.2) is 5.82 Å². The molecule has 0 amide bonds. The largest absolute Gasteiger partial charge is 0.435 e. The van der Waals surface area contributed by atoms with Gasteiger partial charge in [-0.1, -0.05) is 0 Å². The highest BCUT2D eigenvalue weighted by atomic mass is 79.9. The minimum absolute atomic E-state index is 0.0657. The number of nitrogens with zero attached hydrogens (tertiary/aromatic N) is 2. The third-order valence-corrected chi connectivity index (χ3v) is 3.43. The lowest BCUT2D eigenvalue weighted by atomic mass is 10.2. The highest BCUT2D eigenvalue weighted by molar-refractivity contribution is 9.10. The molecule has 0 bridgehead atoms. The summed E-state index contributed by atoms with van der Waals surface area (Å²) in [6.07, 6.45) is 0. The molecule has 0 unspecified atom stereocenters. The minimum atomic E-state index is -2.86. The number of nitrogens with two attached hydrogens (primary N) is 1. The molecular formula is C13H12BrF2N3O2. The molecule has 8 heteroatoms. The summed E-state index contributed by atoms with van der Waals surface area (Å²) in [5.41, 5.74) is 7.04. The van der Waals surface area contributed by atoms with Crippen molar-refractivity contribution in [2.24, 2.45) is 0 Å². The van der Waals surface area contributed by atoms with Crippen molar-refractivity contribution in [3.8, 4) is 17.1 Å². The lowest BCUT2D eigenvalue weighted by Gasteiger charge is -2.09. The van der Waals surface area contributed by atoms with Gasteiger partial charge >= 0.3 is 6.61 Å². The van der Waals surface area contributed by atoms with Crippen LogP contribution in [0.3, 0.4) is 0 Å². The maximum absolute atomic E-state index is 12.1. The number of nitrogen functional groups attached to an aromatic ring is 1. The molecule has 5 nitrogen and oxygen atoms in total. The summed E-state index contributed by atoms with van der Waals surface area (Å²) < 4.78 is 34.1. The zero-order chi connectivity index (χ0) is 15.4. The second-order valence-electron chi connectivity index (χ2n) is 4.03. The zero-order valence-electron chi connectivity index (χ0n) is 11.0. The number of benzene rings is 1. The Morgan fingerprint density at radius 1 is 1.24 bits per heavy atom. The topological polar surface area (TPSA) is 70.3 Å². The average Bonchev–Trinajstić information content (AvgIpc) is 2.44. The predicted molar refractivity (Wildman–Crippen MR) is 76.9 cm³/mol. The van der Waals surface area contributed by atoms with Gasteiger partial charge in [0.2, 0.25) is 0 Å². The highest BCUT2D eigenvalue weighted by Gasteiger charge is 2.12. The van der Waals surface area contributed by atoms with Crippen LogP contribution in [0, 0.1) is 0 Å². The van der Waals surface area contributed by atoms with Crippen molar-refractivity contribution in [3.63, 3.8) is 0 Å². The van der Waals surface area contributed by atoms with Crippen LogP contribution in [0.2, 0.25) is 0 Å². The first-order chi connectivity index (χ1) is 10.0. The molecule has 2 N–H and O–H groups in total. The Hall–Kier alpha value is -1.80. The average molecular weight is 360 g/mol. The third kappa shape index (κ3) is 3.85. The van der Waals surface area contributed by atoms with Crippen molar-refractivity contribution in [2.75, 3.05) is 12.8 Å². The van der Waals surface area contributed by atoms with Gasteiger partial charge in [-0.05, 0) is 40.2 Å². The summed E-state index contributed by atoms with van der Waals surface area (Å²) in [5, 5.41) is 0. The van der Waals surface area contributed by atoms with Crippen LogP contribution in [0.1, 0.15) is 5.69 Å². The molecule has 0 atom stereocenters. The lowest BCUT2D eigenvalue weighted by Crippen LogP contribution is -2.04. The van der Waals surface area contributed by atoms with Crippen LogP contribution < -0.4 is 10.5 Å². The Bertz CT molecular complexity index is 624. The normalized spacial score (nSPS) is 10.9. The van der Waals surface area contributed by atoms with Crippen LogP contribution in [0.4, 0.5) is 14.6 Å². The lowest BCUT2D eigenvalue weighted by molar-refractivity contribution is -0.0498. The van der Waals surface area contributed by atoms with Crippen LogP contribution in [-0.2, 0) is 11.3 Å². The fourth-order valence-corrected chi connectivity index (χ4v) is 1.95. The van der Waals surface area contributed by atoms with Gasteiger partial charge in [-0.2, -0.15) is 8.78 Å². The molecule has 2 aromatic rings. The Morgan fingerprint density at radius 3 is 2.48 bits per heavy atom. The molecule has 0 saturated heterocycles. The van der Waals surface area contributed by atoms with Crippen molar-refractivity contribution >= 4 is 21.7 Å². The van der Waals surface area contributed by atoms with E-state index in [0.29, 0.717) is 21.6 Å². The molecule has 1 aromatic heterocycles. The summed E-state index contributed by atoms with van der Waals surface area (Å²) in [6, 6.07) is 5.99. The second-order valence-corrected chi connectivity index (χ2v) is 4.82. The molecule has 0 saturated carbocycles. The van der Waals surface area contributed by atoms with E-state index in [0.717, 1.165) is 0 Å². The van der Waals surface area contributed by atoms with Gasteiger partial charge in [-0.3, -0.25) is 0 Å². The van der Waals surface area contributed by atoms with Gasteiger partial charge in [0.05, 0.1) is 16.8 Å². The van der Waals surface area contributed by atoms with Crippen molar-refractivity contribution < 1.29 is 18.3 Å². The molecule has 1 heterocycles. The van der Waals surface area contributed by atoms with E-state index in [4.69, 9.17) is 10.5 Å². The smallest absolute Gasteiger partial charge is 0.387 e. The van der Waals surface area contributed by atoms with E-state index < -0.39 is 6.61 Å². The first-order valence-electron chi connectivity index (χ1n) is 5.87. The SMILES string of the molecule is COCc1nc(-c2ccc(OC(F)F)cc2)nc(N)c1Br. The van der Waals surface area contributed by atoms with Crippen LogP contribution in [0.25, 0.3) is 11.4 Å². The summed E-state index contributed by atoms with van der Waals surface area (Å²) in [5.74, 6) is 0.724. The second kappa shape index (κ2) is 6.77. The molecule has 112 valence electrons. The van der Waals surface area contributed by atoms with Crippen molar-refractivity contribution in [3.05, 3.63) is 34.4 Å². The molecule has 21 heavy (non-hydrogen) atoms. The number of hydrogen-bond acceptors (Lipinski definition) is 5. The summed E-state index contributed by atoms with van der Waals surface area (Å²) in [6.45, 7) is -2.59. The van der Waals surface area contributed by atoms with E-state index in [1.165, 1.54) is 12.1 Å². The number of alkyl halides is 2. The van der Waals surface area contributed by atoms with Gasteiger partial charge < -0.3 is 15.2 Å². The number of ether oxygens (including phenoxy) is 2. The number of anilines is 1. The fraction of sp³-hybridized carbons (Fsp3) is 0.231. The number of rotatable bonds is 5. The van der Waals surface area contributed by atoms with Crippen LogP contribution >= 0.6 is 15.9 Å². The molecule has 2 rings (SSSR count). The molecule has 0 aliphatic heterocycles. The van der Waals surface area contributed by atoms with Gasteiger partial charge in [-0.25, -0.2) is 9.97 Å². The molecule has 0 aliphatic carbocycles. The Labute approximate surface area is 128 Å². The van der Waals surface area contributed by atoms with Crippen molar-refractivity contribution in [2.45, 2.75) is 13.2 Å². The van der Waals surface area contributed by atoms with E-state index in [2.05, 4.69) is 30.6 Å². The van der Waals surface area contributed by atoms with Gasteiger partial charge in [0, 0.05) is 12.7 Å². The predicted octanol–water partition coefficient (Wildman–Crippen LogP) is 3.24. The standard InChI is InChI=1S/C13H12BrF2N3O2/c1-20-6-9-10(14)11(17)19-12(18-9)7-2-4-8(5-3-7)21-13(15)16/h2-5,13H,6H2,1H3,(H2,17,18,19). The molecule has 1 aromatic carbocycles. The summed E-state index contributed by atoms with van der Waals surface area (Å²) in [4.78, 5) is 8.48. The van der Waals surface area contributed by atoms with Gasteiger partial charge in [0.1, 0.15) is 11.6 Å². The van der Waals surface area contributed by atoms with E-state index in [1.807, 2.05) is 0 Å². The number of hydrogen-bond donors (Lipinski definition) is 1. The Kier molecular flexibility index (Phi) is 5.03. The minimum Gasteiger partial charge on any atom is -0.435 e. The van der Waals surface area contributed by atoms with E-state index in [1.54, 1.807) is 19.2 Å².